The highest BCUT2D eigenvalue weighted by Crippen LogP contribution is 2.33. The third-order valence-corrected chi connectivity index (χ3v) is 8.09. The molecule has 1 unspecified atom stereocenters. The fourth-order valence-corrected chi connectivity index (χ4v) is 5.76. The molecular weight excluding hydrogens is 568 g/mol. The lowest BCUT2D eigenvalue weighted by atomic mass is 9.96. The number of hydrogen-bond donors (Lipinski definition) is 0. The Kier molecular flexibility index (Phi) is 7.69. The molecule has 222 valence electrons. The first-order valence-electron chi connectivity index (χ1n) is 15.3. The monoisotopic (exact) mass is 599 g/mol. The van der Waals surface area contributed by atoms with Gasteiger partial charge < -0.3 is 4.74 Å². The first kappa shape index (κ1) is 28.9. The molecule has 0 aliphatic carbocycles. The number of ether oxygens (including phenoxy) is 1. The summed E-state index contributed by atoms with van der Waals surface area (Å²) in [5.41, 5.74) is 6.08. The van der Waals surface area contributed by atoms with Gasteiger partial charge in [-0.15, -0.1) is 0 Å². The van der Waals surface area contributed by atoms with Crippen molar-refractivity contribution in [3.63, 3.8) is 0 Å². The zero-order valence-electron chi connectivity index (χ0n) is 25.6. The molecule has 0 fully saturated rings. The van der Waals surface area contributed by atoms with Crippen LogP contribution in [-0.4, -0.2) is 0 Å². The van der Waals surface area contributed by atoms with Gasteiger partial charge in [0, 0.05) is 17.0 Å². The Morgan fingerprint density at radius 3 is 1.72 bits per heavy atom. The number of allylic oxidation sites excluding steroid dienone is 2. The van der Waals surface area contributed by atoms with Gasteiger partial charge in [0.15, 0.2) is 0 Å². The molecule has 7 rings (SSSR count). The van der Waals surface area contributed by atoms with Crippen molar-refractivity contribution in [2.45, 2.75) is 13.8 Å². The van der Waals surface area contributed by atoms with E-state index in [0.717, 1.165) is 38.9 Å². The van der Waals surface area contributed by atoms with Crippen molar-refractivity contribution in [1.82, 2.24) is 0 Å². The van der Waals surface area contributed by atoms with Gasteiger partial charge in [-0.1, -0.05) is 96.1 Å². The Balaban J connectivity index is 1.31. The Labute approximate surface area is 266 Å². The first-order valence-corrected chi connectivity index (χ1v) is 15.3. The topological polar surface area (TPSA) is 54.7 Å². The molecule has 1 atom stereocenters. The van der Waals surface area contributed by atoms with Crippen LogP contribution >= 0.6 is 0 Å². The van der Waals surface area contributed by atoms with Crippen LogP contribution in [-0.2, 0) is 4.74 Å². The van der Waals surface area contributed by atoms with Gasteiger partial charge in [0.1, 0.15) is 11.5 Å². The summed E-state index contributed by atoms with van der Waals surface area (Å²) in [6.45, 7) is 4.07. The summed E-state index contributed by atoms with van der Waals surface area (Å²) < 4.78 is 12.7. The molecule has 2 heterocycles. The second kappa shape index (κ2) is 12.3. The van der Waals surface area contributed by atoms with Gasteiger partial charge in [0.25, 0.3) is 0 Å². The van der Waals surface area contributed by atoms with Crippen molar-refractivity contribution >= 4 is 23.7 Å². The molecule has 0 N–H and O–H groups in total. The molecule has 4 nitrogen and oxygen atoms in total. The quantitative estimate of drug-likeness (QED) is 0.187. The maximum absolute atomic E-state index is 13.5. The molecule has 5 aromatic carbocycles. The average molecular weight is 600 g/mol. The normalized spacial score (nSPS) is 14.3. The van der Waals surface area contributed by atoms with E-state index in [9.17, 15) is 9.59 Å². The second-order valence-electron chi connectivity index (χ2n) is 11.6. The fraction of sp³-hybridized carbons (Fsp3) is 0.0714. The van der Waals surface area contributed by atoms with Crippen LogP contribution in [0.5, 0.6) is 0 Å². The molecule has 0 saturated carbocycles. The minimum Gasteiger partial charge on any atom is -0.457 e. The van der Waals surface area contributed by atoms with E-state index in [1.54, 1.807) is 12.2 Å². The summed E-state index contributed by atoms with van der Waals surface area (Å²) in [5.74, 6) is 2.36. The predicted octanol–water partition coefficient (Wildman–Crippen LogP) is 7.45. The Bertz CT molecular complexity index is 2310. The Morgan fingerprint density at radius 2 is 1.09 bits per heavy atom. The maximum atomic E-state index is 13.5. The van der Waals surface area contributed by atoms with Crippen LogP contribution in [0, 0.1) is 19.8 Å². The smallest absolute Gasteiger partial charge is 0.361 e. The highest BCUT2D eigenvalue weighted by atomic mass is 16.5. The van der Waals surface area contributed by atoms with Crippen LogP contribution in [0.3, 0.4) is 0 Å². The molecule has 0 spiro atoms. The number of hydrogen-bond acceptors (Lipinski definition) is 3. The average Bonchev–Trinajstić information content (AvgIpc) is 3.10. The molecule has 1 aliphatic rings. The molecule has 0 bridgehead atoms. The summed E-state index contributed by atoms with van der Waals surface area (Å²) in [7, 11) is 0. The minimum absolute atomic E-state index is 0.161. The summed E-state index contributed by atoms with van der Waals surface area (Å²) in [6, 6.07) is 39.5. The van der Waals surface area contributed by atoms with E-state index >= 15 is 0 Å². The van der Waals surface area contributed by atoms with Crippen LogP contribution in [0.1, 0.15) is 27.8 Å². The molecule has 0 saturated heterocycles. The summed E-state index contributed by atoms with van der Waals surface area (Å²) >= 11 is 0. The first-order chi connectivity index (χ1) is 22.4. The van der Waals surface area contributed by atoms with E-state index in [1.807, 2.05) is 135 Å². The summed E-state index contributed by atoms with van der Waals surface area (Å²) in [4.78, 5) is 27.0. The third kappa shape index (κ3) is 5.93. The largest absolute Gasteiger partial charge is 0.457 e. The highest BCUT2D eigenvalue weighted by Gasteiger charge is 2.22. The molecule has 0 amide bonds. The Hall–Kier alpha value is -5.87. The van der Waals surface area contributed by atoms with E-state index in [0.29, 0.717) is 23.0 Å². The van der Waals surface area contributed by atoms with E-state index in [1.165, 1.54) is 0 Å². The van der Waals surface area contributed by atoms with Gasteiger partial charge in [-0.05, 0) is 68.0 Å². The van der Waals surface area contributed by atoms with Crippen molar-refractivity contribution in [3.05, 3.63) is 192 Å². The third-order valence-electron chi connectivity index (χ3n) is 8.09. The molecule has 6 aromatic rings. The molecular formula is C42H31O4+. The highest BCUT2D eigenvalue weighted by molar-refractivity contribution is 5.75. The van der Waals surface area contributed by atoms with Gasteiger partial charge in [-0.2, -0.15) is 0 Å². The van der Waals surface area contributed by atoms with Crippen LogP contribution in [0.2, 0.25) is 0 Å². The van der Waals surface area contributed by atoms with Gasteiger partial charge in [0.2, 0.25) is 10.9 Å². The lowest BCUT2D eigenvalue weighted by molar-refractivity contribution is 0.458. The van der Waals surface area contributed by atoms with E-state index in [2.05, 4.69) is 12.1 Å². The second-order valence-corrected chi connectivity index (χ2v) is 11.6. The standard InChI is InChI=1S/C42H31O4/c1-27-11-9-17-33(19-27)39-25-29(23-37(45-39)31-13-5-3-6-14-31)21-35-41(43)36(42(35)44)22-30-24-38(32-15-7-4-8-16-32)46-40(26-30)34-18-10-12-28(2)20-34/h3-26,29H,1-2H3/q+1. The zero-order valence-corrected chi connectivity index (χ0v) is 25.6. The van der Waals surface area contributed by atoms with Crippen LogP contribution in [0.4, 0.5) is 0 Å². The van der Waals surface area contributed by atoms with Crippen LogP contribution in [0.15, 0.2) is 147 Å². The van der Waals surface area contributed by atoms with Crippen molar-refractivity contribution in [1.29, 1.82) is 0 Å². The van der Waals surface area contributed by atoms with E-state index in [4.69, 9.17) is 9.15 Å². The van der Waals surface area contributed by atoms with Gasteiger partial charge in [-0.3, -0.25) is 9.59 Å². The van der Waals surface area contributed by atoms with Crippen molar-refractivity contribution in [3.8, 4) is 22.6 Å². The molecule has 1 aliphatic heterocycles. The minimum atomic E-state index is -0.308. The Morgan fingerprint density at radius 1 is 0.565 bits per heavy atom. The summed E-state index contributed by atoms with van der Waals surface area (Å²) in [5, 5.41) is 0.346. The molecule has 46 heavy (non-hydrogen) atoms. The lowest BCUT2D eigenvalue weighted by Gasteiger charge is -2.21. The maximum Gasteiger partial charge on any atom is 0.361 e. The van der Waals surface area contributed by atoms with Gasteiger partial charge in [-0.25, -0.2) is 4.42 Å². The molecule has 0 radical (unpaired) electrons. The van der Waals surface area contributed by atoms with Gasteiger partial charge in [0.05, 0.1) is 33.7 Å². The van der Waals surface area contributed by atoms with Crippen LogP contribution < -0.4 is 21.3 Å². The zero-order chi connectivity index (χ0) is 31.6. The van der Waals surface area contributed by atoms with Crippen molar-refractivity contribution in [2.24, 2.45) is 5.92 Å². The summed E-state index contributed by atoms with van der Waals surface area (Å²) in [6.07, 6.45) is 7.32. The number of benzene rings is 4. The lowest BCUT2D eigenvalue weighted by Crippen LogP contribution is -2.64. The molecule has 4 heteroatoms. The number of aryl methyl sites for hydroxylation is 2. The van der Waals surface area contributed by atoms with Crippen molar-refractivity contribution in [2.75, 3.05) is 0 Å². The SMILES string of the molecule is Cc1cccc(C2=CC(C=c3c(=O)c(=Cc4cc(-c5ccccc5)[o+]c(-c5cccc(C)c5)c4)c3=O)C=C(c3ccccc3)O2)c1. The fourth-order valence-electron chi connectivity index (χ4n) is 5.76. The molecule has 1 aromatic heterocycles. The van der Waals surface area contributed by atoms with Gasteiger partial charge >= 0.3 is 11.5 Å². The van der Waals surface area contributed by atoms with Crippen molar-refractivity contribution < 1.29 is 9.15 Å². The number of rotatable bonds is 6. The predicted molar refractivity (Wildman–Crippen MR) is 186 cm³/mol. The van der Waals surface area contributed by atoms with E-state index in [-0.39, 0.29) is 27.2 Å². The van der Waals surface area contributed by atoms with Crippen LogP contribution in [0.25, 0.3) is 46.3 Å². The van der Waals surface area contributed by atoms with E-state index < -0.39 is 0 Å².